The van der Waals surface area contributed by atoms with Gasteiger partial charge in [0.25, 0.3) is 0 Å². The zero-order valence-electron chi connectivity index (χ0n) is 15.1. The van der Waals surface area contributed by atoms with Gasteiger partial charge in [-0.15, -0.1) is 0 Å². The number of carbonyl (C=O) groups excluding carboxylic acids is 2. The number of hydrogen-bond acceptors (Lipinski definition) is 6. The van der Waals surface area contributed by atoms with Gasteiger partial charge in [-0.3, -0.25) is 10.6 Å². The lowest BCUT2D eigenvalue weighted by Gasteiger charge is -2.13. The number of rotatable bonds is 7. The Hall–Kier alpha value is -1.74. The molecule has 150 valence electrons. The fourth-order valence-electron chi connectivity index (χ4n) is 1.99. The van der Waals surface area contributed by atoms with Crippen LogP contribution in [0.5, 0.6) is 0 Å². The van der Waals surface area contributed by atoms with E-state index in [-0.39, 0.29) is 13.2 Å². The number of nitrogens with one attached hydrogen (secondary N) is 2. The first-order valence-electron chi connectivity index (χ1n) is 8.24. The number of anilines is 2. The van der Waals surface area contributed by atoms with Crippen LogP contribution in [-0.2, 0) is 9.47 Å². The smallest absolute Gasteiger partial charge is 0.411 e. The van der Waals surface area contributed by atoms with Crippen molar-refractivity contribution in [1.29, 1.82) is 0 Å². The highest BCUT2D eigenvalue weighted by molar-refractivity contribution is 8.76. The van der Waals surface area contributed by atoms with Crippen molar-refractivity contribution in [3.05, 3.63) is 46.4 Å². The number of halogens is 2. The average molecular weight is 461 g/mol. The molecule has 0 atom stereocenters. The Bertz CT molecular complexity index is 783. The quantitative estimate of drug-likeness (QED) is 0.436. The summed E-state index contributed by atoms with van der Waals surface area (Å²) < 4.78 is 9.83. The summed E-state index contributed by atoms with van der Waals surface area (Å²) in [6.45, 7) is 3.97. The summed E-state index contributed by atoms with van der Waals surface area (Å²) in [4.78, 5) is 25.0. The summed E-state index contributed by atoms with van der Waals surface area (Å²) in [5.74, 6) is 0. The normalized spacial score (nSPS) is 10.3. The molecule has 0 heterocycles. The van der Waals surface area contributed by atoms with E-state index < -0.39 is 12.2 Å². The summed E-state index contributed by atoms with van der Waals surface area (Å²) in [6.07, 6.45) is -1.12. The molecule has 0 aromatic heterocycles. The molecule has 0 aliphatic carbocycles. The van der Waals surface area contributed by atoms with Crippen molar-refractivity contribution in [3.63, 3.8) is 0 Å². The van der Waals surface area contributed by atoms with Crippen LogP contribution in [0.2, 0.25) is 10.0 Å². The fraction of sp³-hybridized carbons (Fsp3) is 0.222. The van der Waals surface area contributed by atoms with E-state index in [9.17, 15) is 9.59 Å². The average Bonchev–Trinajstić information content (AvgIpc) is 2.62. The van der Waals surface area contributed by atoms with Gasteiger partial charge in [-0.05, 0) is 50.2 Å². The minimum atomic E-state index is -0.562. The highest BCUT2D eigenvalue weighted by Crippen LogP contribution is 2.44. The third-order valence-corrected chi connectivity index (χ3v) is 6.08. The molecule has 2 rings (SSSR count). The van der Waals surface area contributed by atoms with Crippen LogP contribution in [0.1, 0.15) is 13.8 Å². The Kier molecular flexibility index (Phi) is 9.11. The second-order valence-electron chi connectivity index (χ2n) is 5.14. The summed E-state index contributed by atoms with van der Waals surface area (Å²) in [5.41, 5.74) is 1.05. The maximum Gasteiger partial charge on any atom is 0.411 e. The van der Waals surface area contributed by atoms with Gasteiger partial charge in [-0.2, -0.15) is 0 Å². The van der Waals surface area contributed by atoms with Crippen LogP contribution in [0.3, 0.4) is 0 Å². The number of amides is 2. The highest BCUT2D eigenvalue weighted by Gasteiger charge is 2.13. The van der Waals surface area contributed by atoms with Gasteiger partial charge in [0.05, 0.1) is 24.6 Å². The topological polar surface area (TPSA) is 76.7 Å². The molecule has 6 nitrogen and oxygen atoms in total. The van der Waals surface area contributed by atoms with E-state index in [0.29, 0.717) is 21.4 Å². The first-order valence-corrected chi connectivity index (χ1v) is 11.1. The van der Waals surface area contributed by atoms with E-state index >= 15 is 0 Å². The first-order chi connectivity index (χ1) is 13.4. The lowest BCUT2D eigenvalue weighted by molar-refractivity contribution is 0.167. The second-order valence-corrected chi connectivity index (χ2v) is 8.22. The van der Waals surface area contributed by atoms with Crippen molar-refractivity contribution in [1.82, 2.24) is 0 Å². The number of ether oxygens (including phenoxy) is 2. The molecule has 0 fully saturated rings. The third-order valence-electron chi connectivity index (χ3n) is 3.13. The molecule has 0 aliphatic heterocycles. The van der Waals surface area contributed by atoms with Gasteiger partial charge in [0.15, 0.2) is 0 Å². The van der Waals surface area contributed by atoms with Gasteiger partial charge in [-0.1, -0.05) is 44.8 Å². The van der Waals surface area contributed by atoms with Crippen LogP contribution in [0, 0.1) is 0 Å². The molecule has 10 heteroatoms. The Morgan fingerprint density at radius 3 is 1.57 bits per heavy atom. The van der Waals surface area contributed by atoms with E-state index in [1.807, 2.05) is 0 Å². The lowest BCUT2D eigenvalue weighted by Crippen LogP contribution is -2.14. The Labute approximate surface area is 181 Å². The number of carbonyl (C=O) groups is 2. The Balaban J connectivity index is 2.17. The van der Waals surface area contributed by atoms with Crippen LogP contribution in [0.15, 0.2) is 46.2 Å². The van der Waals surface area contributed by atoms with E-state index in [4.69, 9.17) is 32.7 Å². The first kappa shape index (κ1) is 22.5. The predicted molar refractivity (Wildman–Crippen MR) is 116 cm³/mol. The SMILES string of the molecule is CCOC(=O)Nc1cc(Cl)ccc1SSc1ccc(Cl)cc1NC(=O)OCC. The van der Waals surface area contributed by atoms with Crippen LogP contribution in [0.25, 0.3) is 0 Å². The molecule has 2 amide bonds. The molecule has 0 radical (unpaired) electrons. The van der Waals surface area contributed by atoms with Crippen molar-refractivity contribution in [3.8, 4) is 0 Å². The van der Waals surface area contributed by atoms with Crippen LogP contribution < -0.4 is 10.6 Å². The summed E-state index contributed by atoms with van der Waals surface area (Å²) in [6, 6.07) is 10.3. The fourth-order valence-corrected chi connectivity index (χ4v) is 4.57. The Morgan fingerprint density at radius 1 is 0.821 bits per heavy atom. The molecule has 28 heavy (non-hydrogen) atoms. The molecule has 2 aromatic carbocycles. The summed E-state index contributed by atoms with van der Waals surface area (Å²) >= 11 is 12.1. The summed E-state index contributed by atoms with van der Waals surface area (Å²) in [5, 5.41) is 6.31. The molecular formula is C18H18Cl2N2O4S2. The highest BCUT2D eigenvalue weighted by atomic mass is 35.5. The van der Waals surface area contributed by atoms with Crippen LogP contribution in [-0.4, -0.2) is 25.4 Å². The monoisotopic (exact) mass is 460 g/mol. The van der Waals surface area contributed by atoms with E-state index in [2.05, 4.69) is 10.6 Å². The molecule has 0 bridgehead atoms. The van der Waals surface area contributed by atoms with Gasteiger partial charge in [0, 0.05) is 19.8 Å². The predicted octanol–water partition coefficient (Wildman–Crippen LogP) is 6.93. The van der Waals surface area contributed by atoms with Gasteiger partial charge >= 0.3 is 12.2 Å². The van der Waals surface area contributed by atoms with E-state index in [1.165, 1.54) is 21.6 Å². The molecule has 2 aromatic rings. The van der Waals surface area contributed by atoms with Crippen LogP contribution >= 0.6 is 44.8 Å². The third kappa shape index (κ3) is 7.01. The zero-order chi connectivity index (χ0) is 20.5. The van der Waals surface area contributed by atoms with Gasteiger partial charge < -0.3 is 9.47 Å². The number of hydrogen-bond donors (Lipinski definition) is 2. The van der Waals surface area contributed by atoms with Crippen molar-refractivity contribution in [2.45, 2.75) is 23.6 Å². The van der Waals surface area contributed by atoms with Crippen molar-refractivity contribution >= 4 is 68.4 Å². The van der Waals surface area contributed by atoms with Gasteiger partial charge in [0.2, 0.25) is 0 Å². The zero-order valence-corrected chi connectivity index (χ0v) is 18.2. The maximum absolute atomic E-state index is 11.8. The van der Waals surface area contributed by atoms with Gasteiger partial charge in [-0.25, -0.2) is 9.59 Å². The lowest BCUT2D eigenvalue weighted by atomic mass is 10.3. The number of benzene rings is 2. The molecule has 0 spiro atoms. The summed E-state index contributed by atoms with van der Waals surface area (Å²) in [7, 11) is 2.76. The second kappa shape index (κ2) is 11.3. The van der Waals surface area contributed by atoms with Gasteiger partial charge in [0.1, 0.15) is 0 Å². The van der Waals surface area contributed by atoms with Crippen molar-refractivity contribution < 1.29 is 19.1 Å². The molecule has 0 saturated carbocycles. The standard InChI is InChI=1S/C18H18Cl2N2O4S2/c1-3-25-17(23)21-13-9-11(19)5-7-15(13)27-28-16-8-6-12(20)10-14(16)22-18(24)26-4-2/h5-10H,3-4H2,1-2H3,(H,21,23)(H,22,24). The molecule has 0 saturated heterocycles. The largest absolute Gasteiger partial charge is 0.450 e. The minimum Gasteiger partial charge on any atom is -0.450 e. The van der Waals surface area contributed by atoms with E-state index in [0.717, 1.165) is 9.79 Å². The molecule has 0 unspecified atom stereocenters. The van der Waals surface area contributed by atoms with Crippen LogP contribution in [0.4, 0.5) is 21.0 Å². The molecule has 2 N–H and O–H groups in total. The van der Waals surface area contributed by atoms with Crippen molar-refractivity contribution in [2.24, 2.45) is 0 Å². The molecule has 0 aliphatic rings. The van der Waals surface area contributed by atoms with E-state index in [1.54, 1.807) is 50.2 Å². The maximum atomic E-state index is 11.8. The Morgan fingerprint density at radius 2 is 1.21 bits per heavy atom. The molecular weight excluding hydrogens is 443 g/mol. The minimum absolute atomic E-state index is 0.261. The van der Waals surface area contributed by atoms with Crippen molar-refractivity contribution in [2.75, 3.05) is 23.8 Å².